The van der Waals surface area contributed by atoms with E-state index in [1.807, 2.05) is 6.92 Å². The van der Waals surface area contributed by atoms with E-state index in [4.69, 9.17) is 0 Å². The van der Waals surface area contributed by atoms with Crippen LogP contribution in [0.25, 0.3) is 0 Å². The average molecular weight is 225 g/mol. The quantitative estimate of drug-likeness (QED) is 0.511. The number of thiol groups is 1. The topological polar surface area (TPSA) is 54.0 Å². The number of nitrogens with one attached hydrogen (secondary N) is 2. The summed E-state index contributed by atoms with van der Waals surface area (Å²) in [6.45, 7) is 4.33. The summed E-state index contributed by atoms with van der Waals surface area (Å²) in [7, 11) is 0. The van der Waals surface area contributed by atoms with Gasteiger partial charge in [-0.25, -0.2) is 4.98 Å². The molecule has 1 amide bonds. The Balaban J connectivity index is 2.37. The van der Waals surface area contributed by atoms with Crippen molar-refractivity contribution in [2.24, 2.45) is 0 Å². The summed E-state index contributed by atoms with van der Waals surface area (Å²) in [5.74, 6) is -0.103. The Bertz CT molecular complexity index is 313. The van der Waals surface area contributed by atoms with Crippen LogP contribution in [-0.2, 0) is 0 Å². The molecule has 5 heteroatoms. The molecule has 0 saturated heterocycles. The maximum atomic E-state index is 11.5. The van der Waals surface area contributed by atoms with Gasteiger partial charge in [0.25, 0.3) is 5.91 Å². The molecule has 1 rings (SSSR count). The van der Waals surface area contributed by atoms with E-state index >= 15 is 0 Å². The van der Waals surface area contributed by atoms with Crippen molar-refractivity contribution in [3.8, 4) is 0 Å². The van der Waals surface area contributed by atoms with Gasteiger partial charge in [-0.3, -0.25) is 4.79 Å². The molecule has 0 aliphatic carbocycles. The van der Waals surface area contributed by atoms with Gasteiger partial charge in [0.2, 0.25) is 0 Å². The predicted octanol–water partition coefficient (Wildman–Crippen LogP) is 0.710. The molecule has 0 aliphatic heterocycles. The zero-order valence-electron chi connectivity index (χ0n) is 8.66. The molecule has 0 aromatic carbocycles. The Morgan fingerprint density at radius 1 is 1.47 bits per heavy atom. The van der Waals surface area contributed by atoms with E-state index in [-0.39, 0.29) is 5.91 Å². The van der Waals surface area contributed by atoms with Crippen LogP contribution in [0.3, 0.4) is 0 Å². The molecule has 1 heterocycles. The lowest BCUT2D eigenvalue weighted by molar-refractivity contribution is 0.0953. The number of carbonyl (C=O) groups is 1. The standard InChI is InChI=1S/C10H15N3OS/c1-2-11-5-6-12-10(14)8-3-4-9(15)13-7-8/h3-4,7,11H,2,5-6H2,1H3,(H,12,14)(H,13,15). The molecule has 1 aromatic rings. The van der Waals surface area contributed by atoms with Gasteiger partial charge in [-0.2, -0.15) is 0 Å². The van der Waals surface area contributed by atoms with E-state index in [0.29, 0.717) is 17.1 Å². The smallest absolute Gasteiger partial charge is 0.252 e. The minimum absolute atomic E-state index is 0.103. The number of carbonyl (C=O) groups excluding carboxylic acids is 1. The highest BCUT2D eigenvalue weighted by molar-refractivity contribution is 7.80. The van der Waals surface area contributed by atoms with Crippen LogP contribution in [0.4, 0.5) is 0 Å². The number of hydrogen-bond donors (Lipinski definition) is 3. The Hall–Kier alpha value is -1.07. The molecular formula is C10H15N3OS. The number of pyridine rings is 1. The Morgan fingerprint density at radius 3 is 2.87 bits per heavy atom. The molecule has 4 nitrogen and oxygen atoms in total. The summed E-state index contributed by atoms with van der Waals surface area (Å²) in [5.41, 5.74) is 0.560. The minimum atomic E-state index is -0.103. The largest absolute Gasteiger partial charge is 0.351 e. The fourth-order valence-electron chi connectivity index (χ4n) is 1.06. The molecule has 1 aromatic heterocycles. The molecule has 0 unspecified atom stereocenters. The Kier molecular flexibility index (Phi) is 5.14. The fraction of sp³-hybridized carbons (Fsp3) is 0.400. The first-order valence-electron chi connectivity index (χ1n) is 4.88. The summed E-state index contributed by atoms with van der Waals surface area (Å²) in [6, 6.07) is 3.40. The van der Waals surface area contributed by atoms with E-state index in [1.165, 1.54) is 6.20 Å². The van der Waals surface area contributed by atoms with Gasteiger partial charge in [-0.15, -0.1) is 12.6 Å². The number of hydrogen-bond acceptors (Lipinski definition) is 4. The van der Waals surface area contributed by atoms with Crippen molar-refractivity contribution in [2.45, 2.75) is 11.9 Å². The van der Waals surface area contributed by atoms with Gasteiger partial charge >= 0.3 is 0 Å². The fourth-order valence-corrected chi connectivity index (χ4v) is 1.20. The summed E-state index contributed by atoms with van der Waals surface area (Å²) in [6.07, 6.45) is 1.52. The van der Waals surface area contributed by atoms with Crippen LogP contribution in [-0.4, -0.2) is 30.5 Å². The summed E-state index contributed by atoms with van der Waals surface area (Å²) in [4.78, 5) is 15.4. The molecule has 0 saturated carbocycles. The third-order valence-corrected chi connectivity index (χ3v) is 2.11. The first-order valence-corrected chi connectivity index (χ1v) is 5.32. The van der Waals surface area contributed by atoms with Crippen molar-refractivity contribution in [2.75, 3.05) is 19.6 Å². The van der Waals surface area contributed by atoms with Crippen molar-refractivity contribution >= 4 is 18.5 Å². The highest BCUT2D eigenvalue weighted by Gasteiger charge is 2.03. The van der Waals surface area contributed by atoms with Crippen LogP contribution in [0.5, 0.6) is 0 Å². The number of amides is 1. The Morgan fingerprint density at radius 2 is 2.27 bits per heavy atom. The number of aromatic nitrogens is 1. The summed E-state index contributed by atoms with van der Waals surface area (Å²) >= 11 is 4.05. The van der Waals surface area contributed by atoms with Gasteiger partial charge in [-0.1, -0.05) is 6.92 Å². The van der Waals surface area contributed by atoms with E-state index in [9.17, 15) is 4.79 Å². The number of nitrogens with zero attached hydrogens (tertiary/aromatic N) is 1. The van der Waals surface area contributed by atoms with Crippen molar-refractivity contribution in [3.05, 3.63) is 23.9 Å². The minimum Gasteiger partial charge on any atom is -0.351 e. The predicted molar refractivity (Wildman–Crippen MR) is 62.4 cm³/mol. The maximum Gasteiger partial charge on any atom is 0.252 e. The Labute approximate surface area is 94.9 Å². The SMILES string of the molecule is CCNCCNC(=O)c1ccc(S)nc1. The molecule has 0 fully saturated rings. The number of rotatable bonds is 5. The van der Waals surface area contributed by atoms with Crippen LogP contribution in [0.15, 0.2) is 23.4 Å². The third kappa shape index (κ3) is 4.31. The van der Waals surface area contributed by atoms with Crippen LogP contribution >= 0.6 is 12.6 Å². The highest BCUT2D eigenvalue weighted by atomic mass is 32.1. The second kappa shape index (κ2) is 6.42. The summed E-state index contributed by atoms with van der Waals surface area (Å²) in [5, 5.41) is 6.52. The third-order valence-electron chi connectivity index (χ3n) is 1.85. The molecule has 2 N–H and O–H groups in total. The number of likely N-dealkylation sites (N-methyl/N-ethyl adjacent to an activating group) is 1. The van der Waals surface area contributed by atoms with Crippen molar-refractivity contribution in [3.63, 3.8) is 0 Å². The van der Waals surface area contributed by atoms with Crippen molar-refractivity contribution in [1.82, 2.24) is 15.6 Å². The first-order chi connectivity index (χ1) is 7.24. The second-order valence-electron chi connectivity index (χ2n) is 3.01. The molecule has 0 bridgehead atoms. The normalized spacial score (nSPS) is 10.0. The van der Waals surface area contributed by atoms with Gasteiger partial charge in [0.1, 0.15) is 0 Å². The van der Waals surface area contributed by atoms with Gasteiger partial charge in [0.05, 0.1) is 10.6 Å². The van der Waals surface area contributed by atoms with E-state index in [0.717, 1.165) is 13.1 Å². The molecule has 0 aliphatic rings. The lowest BCUT2D eigenvalue weighted by Gasteiger charge is -2.05. The molecule has 82 valence electrons. The zero-order valence-corrected chi connectivity index (χ0v) is 9.55. The van der Waals surface area contributed by atoms with Crippen LogP contribution in [0, 0.1) is 0 Å². The van der Waals surface area contributed by atoms with E-state index < -0.39 is 0 Å². The molecule has 0 spiro atoms. The second-order valence-corrected chi connectivity index (χ2v) is 3.47. The van der Waals surface area contributed by atoms with Gasteiger partial charge in [-0.05, 0) is 18.7 Å². The van der Waals surface area contributed by atoms with Crippen LogP contribution < -0.4 is 10.6 Å². The molecular weight excluding hydrogens is 210 g/mol. The van der Waals surface area contributed by atoms with Gasteiger partial charge in [0, 0.05) is 19.3 Å². The first kappa shape index (κ1) is 12.0. The summed E-state index contributed by atoms with van der Waals surface area (Å²) < 4.78 is 0. The monoisotopic (exact) mass is 225 g/mol. The maximum absolute atomic E-state index is 11.5. The average Bonchev–Trinajstić information content (AvgIpc) is 2.25. The van der Waals surface area contributed by atoms with E-state index in [2.05, 4.69) is 28.2 Å². The van der Waals surface area contributed by atoms with Crippen molar-refractivity contribution < 1.29 is 4.79 Å². The van der Waals surface area contributed by atoms with Crippen LogP contribution in [0.2, 0.25) is 0 Å². The molecule has 0 radical (unpaired) electrons. The van der Waals surface area contributed by atoms with Gasteiger partial charge in [0.15, 0.2) is 0 Å². The lowest BCUT2D eigenvalue weighted by atomic mass is 10.3. The molecule has 15 heavy (non-hydrogen) atoms. The lowest BCUT2D eigenvalue weighted by Crippen LogP contribution is -2.31. The highest BCUT2D eigenvalue weighted by Crippen LogP contribution is 2.02. The zero-order chi connectivity index (χ0) is 11.1. The van der Waals surface area contributed by atoms with Crippen LogP contribution in [0.1, 0.15) is 17.3 Å². The van der Waals surface area contributed by atoms with E-state index in [1.54, 1.807) is 12.1 Å². The molecule has 0 atom stereocenters. The van der Waals surface area contributed by atoms with Gasteiger partial charge < -0.3 is 10.6 Å². The van der Waals surface area contributed by atoms with Crippen molar-refractivity contribution in [1.29, 1.82) is 0 Å².